The number of aromatic nitrogens is 3. The third-order valence-electron chi connectivity index (χ3n) is 6.62. The molecular formula is C23H24Cl2N4. The molecule has 5 rings (SSSR count). The molecule has 0 radical (unpaired) electrons. The van der Waals surface area contributed by atoms with E-state index in [2.05, 4.69) is 52.2 Å². The van der Waals surface area contributed by atoms with E-state index in [-0.39, 0.29) is 5.41 Å². The Morgan fingerprint density at radius 1 is 1.03 bits per heavy atom. The van der Waals surface area contributed by atoms with Crippen LogP contribution in [0.4, 0.5) is 5.69 Å². The van der Waals surface area contributed by atoms with Gasteiger partial charge in [0.1, 0.15) is 0 Å². The fourth-order valence-electron chi connectivity index (χ4n) is 4.92. The second kappa shape index (κ2) is 7.33. The number of benzene rings is 1. The molecule has 0 spiro atoms. The Labute approximate surface area is 181 Å². The monoisotopic (exact) mass is 426 g/mol. The van der Waals surface area contributed by atoms with Gasteiger partial charge in [-0.15, -0.1) is 0 Å². The second-order valence-electron chi connectivity index (χ2n) is 8.27. The smallest absolute Gasteiger partial charge is 0.0838 e. The number of halogens is 2. The summed E-state index contributed by atoms with van der Waals surface area (Å²) in [5, 5.41) is 9.46. The minimum atomic E-state index is 0.110. The molecule has 1 aliphatic carbocycles. The Balaban J connectivity index is 1.35. The largest absolute Gasteiger partial charge is 0.369 e. The first-order chi connectivity index (χ1) is 14.1. The molecule has 0 amide bonds. The number of anilines is 1. The molecule has 3 heterocycles. The van der Waals surface area contributed by atoms with Gasteiger partial charge in [-0.25, -0.2) is 0 Å². The highest BCUT2D eigenvalue weighted by Crippen LogP contribution is 2.54. The van der Waals surface area contributed by atoms with E-state index in [9.17, 15) is 0 Å². The van der Waals surface area contributed by atoms with Gasteiger partial charge >= 0.3 is 0 Å². The zero-order valence-corrected chi connectivity index (χ0v) is 18.0. The van der Waals surface area contributed by atoms with Gasteiger partial charge in [0.2, 0.25) is 0 Å². The summed E-state index contributed by atoms with van der Waals surface area (Å²) in [5.41, 5.74) is 6.28. The van der Waals surface area contributed by atoms with E-state index < -0.39 is 0 Å². The van der Waals surface area contributed by atoms with Crippen molar-refractivity contribution in [2.45, 2.75) is 43.9 Å². The molecule has 4 nitrogen and oxygen atoms in total. The van der Waals surface area contributed by atoms with Crippen LogP contribution in [-0.4, -0.2) is 28.3 Å². The van der Waals surface area contributed by atoms with Crippen LogP contribution in [0, 0.1) is 6.92 Å². The number of nitrogens with one attached hydrogen (secondary N) is 1. The molecule has 3 aromatic rings. The standard InChI is InChI=1S/C23H24Cl2N4/c1-15-20(27-28-22(15)23(9-10-23)17-5-3-2-4-6-17)16-7-11-29(12-8-16)21-18(24)13-26-14-19(21)25/h2-6,13-14,16H,7-12H2,1H3,(H,27,28). The van der Waals surface area contributed by atoms with E-state index >= 15 is 0 Å². The van der Waals surface area contributed by atoms with E-state index in [0.29, 0.717) is 16.0 Å². The summed E-state index contributed by atoms with van der Waals surface area (Å²) in [5.74, 6) is 0.485. The number of hydrogen-bond acceptors (Lipinski definition) is 3. The number of hydrogen-bond donors (Lipinski definition) is 1. The van der Waals surface area contributed by atoms with E-state index in [1.54, 1.807) is 12.4 Å². The molecule has 2 aromatic heterocycles. The number of rotatable bonds is 4. The Morgan fingerprint density at radius 2 is 1.69 bits per heavy atom. The second-order valence-corrected chi connectivity index (χ2v) is 9.09. The Bertz CT molecular complexity index is 998. The van der Waals surface area contributed by atoms with Crippen LogP contribution < -0.4 is 4.90 Å². The highest BCUT2D eigenvalue weighted by Gasteiger charge is 2.49. The first-order valence-corrected chi connectivity index (χ1v) is 11.0. The van der Waals surface area contributed by atoms with Gasteiger partial charge in [0, 0.05) is 42.5 Å². The number of aromatic amines is 1. The average molecular weight is 427 g/mol. The first kappa shape index (κ1) is 19.0. The van der Waals surface area contributed by atoms with Crippen molar-refractivity contribution in [2.75, 3.05) is 18.0 Å². The molecule has 0 bridgehead atoms. The third kappa shape index (κ3) is 3.23. The van der Waals surface area contributed by atoms with E-state index in [4.69, 9.17) is 28.3 Å². The van der Waals surface area contributed by atoms with Crippen molar-refractivity contribution in [3.05, 3.63) is 75.3 Å². The highest BCUT2D eigenvalue weighted by atomic mass is 35.5. The maximum Gasteiger partial charge on any atom is 0.0838 e. The number of nitrogens with zero attached hydrogens (tertiary/aromatic N) is 3. The van der Waals surface area contributed by atoms with Crippen molar-refractivity contribution in [3.8, 4) is 0 Å². The maximum absolute atomic E-state index is 6.36. The zero-order valence-electron chi connectivity index (χ0n) is 16.5. The normalized spacial score (nSPS) is 18.8. The molecule has 150 valence electrons. The molecule has 1 saturated heterocycles. The lowest BCUT2D eigenvalue weighted by Gasteiger charge is -2.34. The number of pyridine rings is 1. The molecule has 0 atom stereocenters. The van der Waals surface area contributed by atoms with Crippen LogP contribution in [0.25, 0.3) is 0 Å². The molecular weight excluding hydrogens is 403 g/mol. The summed E-state index contributed by atoms with van der Waals surface area (Å²) < 4.78 is 0. The quantitative estimate of drug-likeness (QED) is 0.565. The summed E-state index contributed by atoms with van der Waals surface area (Å²) in [6.07, 6.45) is 7.79. The predicted octanol–water partition coefficient (Wildman–Crippen LogP) is 5.88. The van der Waals surface area contributed by atoms with Crippen molar-refractivity contribution < 1.29 is 0 Å². The number of H-pyrrole nitrogens is 1. The molecule has 1 N–H and O–H groups in total. The molecule has 29 heavy (non-hydrogen) atoms. The fourth-order valence-corrected chi connectivity index (χ4v) is 5.52. The number of piperidine rings is 1. The van der Waals surface area contributed by atoms with Gasteiger partial charge in [0.25, 0.3) is 0 Å². The van der Waals surface area contributed by atoms with Crippen LogP contribution in [0.1, 0.15) is 54.1 Å². The topological polar surface area (TPSA) is 44.8 Å². The minimum absolute atomic E-state index is 0.110. The van der Waals surface area contributed by atoms with Gasteiger partial charge in [-0.1, -0.05) is 53.5 Å². The first-order valence-electron chi connectivity index (χ1n) is 10.2. The summed E-state index contributed by atoms with van der Waals surface area (Å²) in [4.78, 5) is 6.35. The zero-order chi connectivity index (χ0) is 20.0. The highest BCUT2D eigenvalue weighted by molar-refractivity contribution is 6.38. The van der Waals surface area contributed by atoms with Gasteiger partial charge in [-0.3, -0.25) is 10.1 Å². The van der Waals surface area contributed by atoms with Crippen LogP contribution >= 0.6 is 23.2 Å². The lowest BCUT2D eigenvalue weighted by atomic mass is 9.86. The molecule has 6 heteroatoms. The Morgan fingerprint density at radius 3 is 2.31 bits per heavy atom. The predicted molar refractivity (Wildman–Crippen MR) is 118 cm³/mol. The molecule has 1 aliphatic heterocycles. The molecule has 2 aliphatic rings. The summed E-state index contributed by atoms with van der Waals surface area (Å²) in [6, 6.07) is 10.8. The van der Waals surface area contributed by atoms with E-state index in [1.165, 1.54) is 35.4 Å². The van der Waals surface area contributed by atoms with Crippen molar-refractivity contribution in [2.24, 2.45) is 0 Å². The fraction of sp³-hybridized carbons (Fsp3) is 0.391. The maximum atomic E-state index is 6.36. The van der Waals surface area contributed by atoms with Crippen molar-refractivity contribution in [1.82, 2.24) is 15.2 Å². The molecule has 2 fully saturated rings. The molecule has 0 unspecified atom stereocenters. The molecule has 1 aromatic carbocycles. The lowest BCUT2D eigenvalue weighted by molar-refractivity contribution is 0.494. The summed E-state index contributed by atoms with van der Waals surface area (Å²) in [7, 11) is 0. The Hall–Kier alpha value is -2.04. The van der Waals surface area contributed by atoms with Gasteiger partial charge in [-0.05, 0) is 43.7 Å². The van der Waals surface area contributed by atoms with Gasteiger partial charge in [0.05, 0.1) is 21.4 Å². The lowest BCUT2D eigenvalue weighted by Crippen LogP contribution is -2.33. The van der Waals surface area contributed by atoms with E-state index in [1.807, 2.05) is 0 Å². The van der Waals surface area contributed by atoms with Crippen LogP contribution in [0.2, 0.25) is 10.0 Å². The van der Waals surface area contributed by atoms with Crippen LogP contribution in [0.5, 0.6) is 0 Å². The van der Waals surface area contributed by atoms with E-state index in [0.717, 1.165) is 31.6 Å². The van der Waals surface area contributed by atoms with Crippen LogP contribution in [-0.2, 0) is 5.41 Å². The van der Waals surface area contributed by atoms with Crippen molar-refractivity contribution >= 4 is 28.9 Å². The van der Waals surface area contributed by atoms with Gasteiger partial charge < -0.3 is 4.90 Å². The summed E-state index contributed by atoms with van der Waals surface area (Å²) >= 11 is 12.7. The van der Waals surface area contributed by atoms with Crippen LogP contribution in [0.3, 0.4) is 0 Å². The van der Waals surface area contributed by atoms with Gasteiger partial charge in [-0.2, -0.15) is 5.10 Å². The van der Waals surface area contributed by atoms with Crippen molar-refractivity contribution in [3.63, 3.8) is 0 Å². The summed E-state index contributed by atoms with van der Waals surface area (Å²) in [6.45, 7) is 4.08. The molecule has 1 saturated carbocycles. The SMILES string of the molecule is Cc1c(C2(c3ccccc3)CC2)n[nH]c1C1CCN(c2c(Cl)cncc2Cl)CC1. The van der Waals surface area contributed by atoms with Crippen molar-refractivity contribution in [1.29, 1.82) is 0 Å². The third-order valence-corrected chi connectivity index (χ3v) is 7.18. The minimum Gasteiger partial charge on any atom is -0.369 e. The van der Waals surface area contributed by atoms with Crippen LogP contribution in [0.15, 0.2) is 42.7 Å². The Kier molecular flexibility index (Phi) is 4.79. The average Bonchev–Trinajstić information content (AvgIpc) is 3.45. The van der Waals surface area contributed by atoms with Gasteiger partial charge in [0.15, 0.2) is 0 Å².